The molecule has 0 aromatic carbocycles. The number of ether oxygens (including phenoxy) is 1. The van der Waals surface area contributed by atoms with Gasteiger partial charge in [-0.25, -0.2) is 0 Å². The zero-order valence-corrected chi connectivity index (χ0v) is 12.4. The van der Waals surface area contributed by atoms with E-state index in [0.29, 0.717) is 12.0 Å². The van der Waals surface area contributed by atoms with Gasteiger partial charge in [0.15, 0.2) is 0 Å². The molecule has 0 radical (unpaired) electrons. The van der Waals surface area contributed by atoms with Crippen LogP contribution in [-0.2, 0) is 17.8 Å². The van der Waals surface area contributed by atoms with Crippen molar-refractivity contribution < 1.29 is 4.74 Å². The number of methoxy groups -OCH3 is 1. The predicted molar refractivity (Wildman–Crippen MR) is 76.9 cm³/mol. The van der Waals surface area contributed by atoms with E-state index in [1.54, 1.807) is 0 Å². The summed E-state index contributed by atoms with van der Waals surface area (Å²) in [5.41, 5.74) is 0. The lowest BCUT2D eigenvalue weighted by Crippen LogP contribution is -2.43. The predicted octanol–water partition coefficient (Wildman–Crippen LogP) is 2.32. The second kappa shape index (κ2) is 6.66. The third-order valence-electron chi connectivity index (χ3n) is 3.72. The van der Waals surface area contributed by atoms with Crippen LogP contribution in [-0.4, -0.2) is 38.3 Å². The van der Waals surface area contributed by atoms with Crippen molar-refractivity contribution >= 4 is 11.3 Å². The Morgan fingerprint density at radius 3 is 2.94 bits per heavy atom. The van der Waals surface area contributed by atoms with Crippen LogP contribution < -0.4 is 5.32 Å². The van der Waals surface area contributed by atoms with E-state index in [9.17, 15) is 0 Å². The molecule has 0 aliphatic carbocycles. The van der Waals surface area contributed by atoms with Gasteiger partial charge in [0.2, 0.25) is 0 Å². The largest absolute Gasteiger partial charge is 0.380 e. The molecule has 1 aromatic rings. The zero-order chi connectivity index (χ0) is 13.0. The van der Waals surface area contributed by atoms with Crippen LogP contribution in [0.3, 0.4) is 0 Å². The Bertz CT molecular complexity index is 366. The van der Waals surface area contributed by atoms with Crippen molar-refractivity contribution in [2.75, 3.05) is 27.2 Å². The van der Waals surface area contributed by atoms with Crippen LogP contribution in [0.5, 0.6) is 0 Å². The number of piperidine rings is 1. The molecular formula is C14H24N2OS. The average Bonchev–Trinajstić information content (AvgIpc) is 2.80. The van der Waals surface area contributed by atoms with E-state index in [4.69, 9.17) is 4.74 Å². The van der Waals surface area contributed by atoms with Gasteiger partial charge in [-0.2, -0.15) is 0 Å². The maximum Gasteiger partial charge on any atom is 0.0724 e. The number of rotatable bonds is 5. The fourth-order valence-corrected chi connectivity index (χ4v) is 3.62. The smallest absolute Gasteiger partial charge is 0.0724 e. The molecule has 1 aliphatic heterocycles. The van der Waals surface area contributed by atoms with Crippen molar-refractivity contribution in [2.24, 2.45) is 5.92 Å². The van der Waals surface area contributed by atoms with Crippen molar-refractivity contribution in [2.45, 2.75) is 32.5 Å². The van der Waals surface area contributed by atoms with Crippen LogP contribution in [0, 0.1) is 5.92 Å². The topological polar surface area (TPSA) is 24.5 Å². The van der Waals surface area contributed by atoms with E-state index < -0.39 is 0 Å². The molecule has 2 heterocycles. The molecule has 0 amide bonds. The number of hydrogen-bond acceptors (Lipinski definition) is 4. The molecule has 4 heteroatoms. The van der Waals surface area contributed by atoms with Gasteiger partial charge in [-0.05, 0) is 38.1 Å². The molecule has 18 heavy (non-hydrogen) atoms. The lowest BCUT2D eigenvalue weighted by molar-refractivity contribution is -0.00716. The van der Waals surface area contributed by atoms with E-state index >= 15 is 0 Å². The summed E-state index contributed by atoms with van der Waals surface area (Å²) in [6.07, 6.45) is 1.64. The van der Waals surface area contributed by atoms with Crippen molar-refractivity contribution in [3.63, 3.8) is 0 Å². The molecule has 0 spiro atoms. The van der Waals surface area contributed by atoms with Gasteiger partial charge in [0.05, 0.1) is 6.10 Å². The molecule has 0 bridgehead atoms. The van der Waals surface area contributed by atoms with Gasteiger partial charge in [0.25, 0.3) is 0 Å². The van der Waals surface area contributed by atoms with E-state index in [2.05, 4.69) is 29.3 Å². The Morgan fingerprint density at radius 2 is 2.22 bits per heavy atom. The highest BCUT2D eigenvalue weighted by atomic mass is 32.1. The van der Waals surface area contributed by atoms with Gasteiger partial charge in [-0.1, -0.05) is 6.92 Å². The maximum atomic E-state index is 5.57. The SMILES string of the molecule is CNCc1ccc(CN2CCC(C)C(OC)C2)s1. The fourth-order valence-electron chi connectivity index (χ4n) is 2.55. The second-order valence-corrected chi connectivity index (χ2v) is 6.43. The van der Waals surface area contributed by atoms with Crippen molar-refractivity contribution in [1.29, 1.82) is 0 Å². The first-order chi connectivity index (χ1) is 8.72. The van der Waals surface area contributed by atoms with Crippen LogP contribution >= 0.6 is 11.3 Å². The van der Waals surface area contributed by atoms with Gasteiger partial charge in [0.1, 0.15) is 0 Å². The number of thiophene rings is 1. The highest BCUT2D eigenvalue weighted by Gasteiger charge is 2.25. The van der Waals surface area contributed by atoms with Gasteiger partial charge < -0.3 is 10.1 Å². The highest BCUT2D eigenvalue weighted by Crippen LogP contribution is 2.23. The summed E-state index contributed by atoms with van der Waals surface area (Å²) in [4.78, 5) is 5.40. The van der Waals surface area contributed by atoms with Crippen LogP contribution in [0.15, 0.2) is 12.1 Å². The van der Waals surface area contributed by atoms with Crippen LogP contribution in [0.4, 0.5) is 0 Å². The summed E-state index contributed by atoms with van der Waals surface area (Å²) in [5, 5.41) is 3.20. The molecule has 1 saturated heterocycles. The first-order valence-electron chi connectivity index (χ1n) is 6.70. The third kappa shape index (κ3) is 3.54. The van der Waals surface area contributed by atoms with Crippen LogP contribution in [0.25, 0.3) is 0 Å². The molecular weight excluding hydrogens is 244 g/mol. The lowest BCUT2D eigenvalue weighted by atomic mass is 9.96. The minimum absolute atomic E-state index is 0.399. The van der Waals surface area contributed by atoms with Crippen LogP contribution in [0.1, 0.15) is 23.1 Å². The van der Waals surface area contributed by atoms with E-state index in [-0.39, 0.29) is 0 Å². The summed E-state index contributed by atoms with van der Waals surface area (Å²) in [6, 6.07) is 4.49. The fraction of sp³-hybridized carbons (Fsp3) is 0.714. The monoisotopic (exact) mass is 268 g/mol. The molecule has 3 nitrogen and oxygen atoms in total. The molecule has 1 N–H and O–H groups in total. The first-order valence-corrected chi connectivity index (χ1v) is 7.52. The Hall–Kier alpha value is -0.420. The molecule has 1 aliphatic rings. The Balaban J connectivity index is 1.88. The van der Waals surface area contributed by atoms with E-state index in [1.165, 1.54) is 22.7 Å². The average molecular weight is 268 g/mol. The highest BCUT2D eigenvalue weighted by molar-refractivity contribution is 7.11. The lowest BCUT2D eigenvalue weighted by Gasteiger charge is -2.35. The Morgan fingerprint density at radius 1 is 1.44 bits per heavy atom. The van der Waals surface area contributed by atoms with E-state index in [1.807, 2.05) is 25.5 Å². The van der Waals surface area contributed by atoms with Gasteiger partial charge in [0, 0.05) is 36.5 Å². The van der Waals surface area contributed by atoms with Crippen LogP contribution in [0.2, 0.25) is 0 Å². The standard InChI is InChI=1S/C14H24N2OS/c1-11-6-7-16(10-14(11)17-3)9-13-5-4-12(18-13)8-15-2/h4-5,11,14-15H,6-10H2,1-3H3. The Labute approximate surface area is 114 Å². The van der Waals surface area contributed by atoms with Gasteiger partial charge in [-0.3, -0.25) is 4.90 Å². The summed E-state index contributed by atoms with van der Waals surface area (Å²) in [6.45, 7) is 6.60. The number of hydrogen-bond donors (Lipinski definition) is 1. The normalized spacial score (nSPS) is 25.5. The molecule has 1 fully saturated rings. The van der Waals surface area contributed by atoms with Crippen molar-refractivity contribution in [1.82, 2.24) is 10.2 Å². The van der Waals surface area contributed by atoms with Crippen molar-refractivity contribution in [3.8, 4) is 0 Å². The molecule has 2 atom stereocenters. The van der Waals surface area contributed by atoms with Gasteiger partial charge in [-0.15, -0.1) is 11.3 Å². The summed E-state index contributed by atoms with van der Waals surface area (Å²) >= 11 is 1.92. The first kappa shape index (κ1) is 14.0. The molecule has 1 aromatic heterocycles. The molecule has 2 unspecified atom stereocenters. The number of nitrogens with one attached hydrogen (secondary N) is 1. The minimum atomic E-state index is 0.399. The number of nitrogens with zero attached hydrogens (tertiary/aromatic N) is 1. The quantitative estimate of drug-likeness (QED) is 0.887. The Kier molecular flexibility index (Phi) is 5.18. The molecule has 102 valence electrons. The van der Waals surface area contributed by atoms with Crippen molar-refractivity contribution in [3.05, 3.63) is 21.9 Å². The van der Waals surface area contributed by atoms with Gasteiger partial charge >= 0.3 is 0 Å². The number of likely N-dealkylation sites (tertiary alicyclic amines) is 1. The molecule has 2 rings (SSSR count). The van der Waals surface area contributed by atoms with E-state index in [0.717, 1.165) is 19.6 Å². The maximum absolute atomic E-state index is 5.57. The second-order valence-electron chi connectivity index (χ2n) is 5.17. The summed E-state index contributed by atoms with van der Waals surface area (Å²) in [5.74, 6) is 0.689. The summed E-state index contributed by atoms with van der Waals surface area (Å²) < 4.78 is 5.57. The zero-order valence-electron chi connectivity index (χ0n) is 11.6. The third-order valence-corrected chi connectivity index (χ3v) is 4.79. The minimum Gasteiger partial charge on any atom is -0.380 e. The molecule has 0 saturated carbocycles. The summed E-state index contributed by atoms with van der Waals surface area (Å²) in [7, 11) is 3.83.